The van der Waals surface area contributed by atoms with Crippen LogP contribution in [0.3, 0.4) is 0 Å². The maximum absolute atomic E-state index is 13.2. The van der Waals surface area contributed by atoms with Crippen molar-refractivity contribution >= 4 is 17.8 Å². The van der Waals surface area contributed by atoms with E-state index in [4.69, 9.17) is 14.6 Å². The molecule has 0 saturated carbocycles. The van der Waals surface area contributed by atoms with Gasteiger partial charge in [0.1, 0.15) is 6.10 Å². The van der Waals surface area contributed by atoms with E-state index in [9.17, 15) is 14.4 Å². The average Bonchev–Trinajstić information content (AvgIpc) is 2.82. The highest BCUT2D eigenvalue weighted by Crippen LogP contribution is 2.25. The summed E-state index contributed by atoms with van der Waals surface area (Å²) in [7, 11) is 1.49. The van der Waals surface area contributed by atoms with Crippen LogP contribution in [0.4, 0.5) is 0 Å². The van der Waals surface area contributed by atoms with Crippen LogP contribution in [0.15, 0.2) is 55.6 Å². The highest BCUT2D eigenvalue weighted by atomic mass is 16.5. The number of benzene rings is 1. The first kappa shape index (κ1) is 29.1. The number of allylic oxidation sites excluding steroid dienone is 2. The minimum absolute atomic E-state index is 0.0753. The monoisotopic (exact) mass is 474 g/mol. The molecule has 2 amide bonds. The van der Waals surface area contributed by atoms with E-state index in [1.807, 2.05) is 30.3 Å². The molecule has 0 fully saturated rings. The molecule has 0 heterocycles. The minimum atomic E-state index is -0.794. The van der Waals surface area contributed by atoms with Gasteiger partial charge in [0, 0.05) is 19.6 Å². The molecular weight excluding hydrogens is 436 g/mol. The van der Waals surface area contributed by atoms with E-state index >= 15 is 0 Å². The topological polar surface area (TPSA) is 114 Å². The molecule has 0 aliphatic heterocycles. The van der Waals surface area contributed by atoms with Gasteiger partial charge in [-0.15, -0.1) is 13.2 Å². The maximum Gasteiger partial charge on any atom is 0.309 e. The van der Waals surface area contributed by atoms with Crippen molar-refractivity contribution in [1.82, 2.24) is 10.6 Å². The van der Waals surface area contributed by atoms with Crippen molar-refractivity contribution in [1.29, 1.82) is 0 Å². The number of hydrogen-bond donors (Lipinski definition) is 3. The van der Waals surface area contributed by atoms with Gasteiger partial charge in [0.2, 0.25) is 11.8 Å². The second-order valence-corrected chi connectivity index (χ2v) is 8.34. The fraction of sp³-hybridized carbons (Fsp3) is 0.500. The average molecular weight is 475 g/mol. The predicted molar refractivity (Wildman–Crippen MR) is 131 cm³/mol. The van der Waals surface area contributed by atoms with Crippen LogP contribution in [0.5, 0.6) is 0 Å². The number of methoxy groups -OCH3 is 1. The van der Waals surface area contributed by atoms with Gasteiger partial charge in [-0.3, -0.25) is 14.4 Å². The summed E-state index contributed by atoms with van der Waals surface area (Å²) in [6, 6.07) is 8.02. The summed E-state index contributed by atoms with van der Waals surface area (Å²) >= 11 is 0. The lowest BCUT2D eigenvalue weighted by molar-refractivity contribution is -0.157. The lowest BCUT2D eigenvalue weighted by Gasteiger charge is -2.30. The highest BCUT2D eigenvalue weighted by molar-refractivity contribution is 5.86. The summed E-state index contributed by atoms with van der Waals surface area (Å²) in [6.07, 6.45) is 3.10. The Morgan fingerprint density at radius 2 is 1.71 bits per heavy atom. The van der Waals surface area contributed by atoms with Crippen LogP contribution >= 0.6 is 0 Å². The summed E-state index contributed by atoms with van der Waals surface area (Å²) in [5.74, 6) is -2.23. The molecular formula is C26H38N2O6. The predicted octanol–water partition coefficient (Wildman–Crippen LogP) is 2.69. The van der Waals surface area contributed by atoms with E-state index in [-0.39, 0.29) is 37.9 Å². The van der Waals surface area contributed by atoms with E-state index in [0.29, 0.717) is 12.0 Å². The van der Waals surface area contributed by atoms with Crippen molar-refractivity contribution in [2.24, 2.45) is 11.8 Å². The Hall–Kier alpha value is -2.97. The summed E-state index contributed by atoms with van der Waals surface area (Å²) < 4.78 is 11.2. The fourth-order valence-electron chi connectivity index (χ4n) is 3.39. The van der Waals surface area contributed by atoms with Gasteiger partial charge in [-0.2, -0.15) is 0 Å². The number of ether oxygens (including phenoxy) is 2. The number of aliphatic hydroxyl groups excluding tert-OH is 1. The Labute approximate surface area is 202 Å². The normalized spacial score (nSPS) is 15.2. The van der Waals surface area contributed by atoms with Gasteiger partial charge in [0.15, 0.2) is 0 Å². The van der Waals surface area contributed by atoms with Crippen molar-refractivity contribution in [3.8, 4) is 0 Å². The van der Waals surface area contributed by atoms with Gasteiger partial charge in [0.05, 0.1) is 31.1 Å². The molecule has 0 aliphatic rings. The quantitative estimate of drug-likeness (QED) is 0.251. The van der Waals surface area contributed by atoms with E-state index in [0.717, 1.165) is 0 Å². The smallest absolute Gasteiger partial charge is 0.309 e. The number of esters is 1. The zero-order valence-electron chi connectivity index (χ0n) is 20.4. The second-order valence-electron chi connectivity index (χ2n) is 8.34. The summed E-state index contributed by atoms with van der Waals surface area (Å²) in [6.45, 7) is 10.7. The molecule has 0 aliphatic carbocycles. The molecule has 1 rings (SSSR count). The fourth-order valence-corrected chi connectivity index (χ4v) is 3.39. The zero-order valence-corrected chi connectivity index (χ0v) is 20.4. The van der Waals surface area contributed by atoms with E-state index in [2.05, 4.69) is 23.8 Å². The van der Waals surface area contributed by atoms with E-state index in [1.54, 1.807) is 26.0 Å². The highest BCUT2D eigenvalue weighted by Gasteiger charge is 2.32. The first-order valence-electron chi connectivity index (χ1n) is 11.4. The van der Waals surface area contributed by atoms with Gasteiger partial charge in [-0.05, 0) is 25.3 Å². The third kappa shape index (κ3) is 9.89. The zero-order chi connectivity index (χ0) is 25.5. The van der Waals surface area contributed by atoms with Crippen molar-refractivity contribution in [2.45, 2.75) is 51.3 Å². The van der Waals surface area contributed by atoms with Crippen molar-refractivity contribution in [3.63, 3.8) is 0 Å². The number of amides is 2. The molecule has 0 radical (unpaired) electrons. The van der Waals surface area contributed by atoms with Gasteiger partial charge in [-0.1, -0.05) is 49.4 Å². The SMILES string of the molecule is C=CC[C@H](CC(=O)N[C@@H](C)CO)C(=O)N[C@@H](COC)[C@@H](OC(=O)[C@@H](C)CC=C)c1ccccc1. The van der Waals surface area contributed by atoms with Crippen molar-refractivity contribution < 1.29 is 29.0 Å². The maximum atomic E-state index is 13.2. The number of carbonyl (C=O) groups is 3. The number of hydrogen-bond acceptors (Lipinski definition) is 6. The van der Waals surface area contributed by atoms with Crippen molar-refractivity contribution in [3.05, 3.63) is 61.2 Å². The molecule has 0 aromatic heterocycles. The molecule has 34 heavy (non-hydrogen) atoms. The third-order valence-electron chi connectivity index (χ3n) is 5.27. The first-order chi connectivity index (χ1) is 16.3. The van der Waals surface area contributed by atoms with Gasteiger partial charge in [-0.25, -0.2) is 0 Å². The second kappa shape index (κ2) is 15.8. The van der Waals surface area contributed by atoms with Crippen LogP contribution in [0, 0.1) is 11.8 Å². The number of rotatable bonds is 16. The molecule has 0 spiro atoms. The van der Waals surface area contributed by atoms with E-state index < -0.39 is 36.0 Å². The Kier molecular flexibility index (Phi) is 13.5. The van der Waals surface area contributed by atoms with Crippen LogP contribution in [0.2, 0.25) is 0 Å². The summed E-state index contributed by atoms with van der Waals surface area (Å²) in [4.78, 5) is 38.2. The molecule has 3 N–H and O–H groups in total. The molecule has 0 unspecified atom stereocenters. The van der Waals surface area contributed by atoms with Crippen molar-refractivity contribution in [2.75, 3.05) is 20.3 Å². The van der Waals surface area contributed by atoms with E-state index in [1.165, 1.54) is 7.11 Å². The molecule has 5 atom stereocenters. The first-order valence-corrected chi connectivity index (χ1v) is 11.4. The molecule has 0 saturated heterocycles. The number of aliphatic hydroxyl groups is 1. The van der Waals surface area contributed by atoms with Crippen LogP contribution in [0.1, 0.15) is 44.8 Å². The van der Waals surface area contributed by atoms with Crippen LogP contribution in [0.25, 0.3) is 0 Å². The third-order valence-corrected chi connectivity index (χ3v) is 5.27. The Bertz CT molecular complexity index is 798. The minimum Gasteiger partial charge on any atom is -0.455 e. The Balaban J connectivity index is 3.12. The molecule has 0 bridgehead atoms. The molecule has 8 nitrogen and oxygen atoms in total. The van der Waals surface area contributed by atoms with Gasteiger partial charge in [0.25, 0.3) is 0 Å². The Morgan fingerprint density at radius 1 is 1.06 bits per heavy atom. The standard InChI is InChI=1S/C26H38N2O6/c1-6-11-18(3)26(32)34-24(20-13-9-8-10-14-20)22(17-33-5)28-25(31)21(12-7-2)15-23(30)27-19(4)16-29/h6-10,13-14,18-19,21-22,24,29H,1-2,11-12,15-17H2,3-5H3,(H,27,30)(H,28,31)/t18-,19-,21+,22-,24-/m0/s1. The van der Waals surface area contributed by atoms with Crippen LogP contribution in [-0.4, -0.2) is 55.3 Å². The molecule has 188 valence electrons. The van der Waals surface area contributed by atoms with Crippen LogP contribution in [-0.2, 0) is 23.9 Å². The largest absolute Gasteiger partial charge is 0.455 e. The summed E-state index contributed by atoms with van der Waals surface area (Å²) in [5, 5.41) is 14.7. The lowest BCUT2D eigenvalue weighted by atomic mass is 9.97. The van der Waals surface area contributed by atoms with Gasteiger partial charge < -0.3 is 25.2 Å². The van der Waals surface area contributed by atoms with Crippen LogP contribution < -0.4 is 10.6 Å². The summed E-state index contributed by atoms with van der Waals surface area (Å²) in [5.41, 5.74) is 0.707. The number of carbonyl (C=O) groups excluding carboxylic acids is 3. The number of nitrogens with one attached hydrogen (secondary N) is 2. The molecule has 8 heteroatoms. The molecule has 1 aromatic rings. The van der Waals surface area contributed by atoms with Gasteiger partial charge >= 0.3 is 5.97 Å². The lowest BCUT2D eigenvalue weighted by Crippen LogP contribution is -2.47. The molecule has 1 aromatic carbocycles. The Morgan fingerprint density at radius 3 is 2.26 bits per heavy atom.